The Bertz CT molecular complexity index is 940. The van der Waals surface area contributed by atoms with Crippen molar-refractivity contribution >= 4 is 0 Å². The van der Waals surface area contributed by atoms with Crippen LogP contribution in [-0.2, 0) is 6.61 Å². The molecule has 6 nitrogen and oxygen atoms in total. The highest BCUT2D eigenvalue weighted by Crippen LogP contribution is 2.25. The topological polar surface area (TPSA) is 72.8 Å². The van der Waals surface area contributed by atoms with E-state index in [0.29, 0.717) is 12.3 Å². The van der Waals surface area contributed by atoms with Crippen LogP contribution in [0.5, 0.6) is 5.75 Å². The SMILES string of the molecule is Cc1cc(C)c(OCc2c(C)cccc2-n2nn[nH]c2=O)cc1C. The summed E-state index contributed by atoms with van der Waals surface area (Å²) in [5.41, 5.74) is 5.76. The van der Waals surface area contributed by atoms with Gasteiger partial charge in [-0.05, 0) is 72.5 Å². The lowest BCUT2D eigenvalue weighted by atomic mass is 10.1. The zero-order valence-electron chi connectivity index (χ0n) is 14.3. The van der Waals surface area contributed by atoms with Crippen molar-refractivity contribution in [2.45, 2.75) is 34.3 Å². The Morgan fingerprint density at radius 1 is 1.04 bits per heavy atom. The van der Waals surface area contributed by atoms with Crippen LogP contribution in [0.15, 0.2) is 35.1 Å². The Morgan fingerprint density at radius 3 is 2.50 bits per heavy atom. The molecule has 0 aliphatic carbocycles. The zero-order valence-corrected chi connectivity index (χ0v) is 14.3. The Hall–Kier alpha value is -2.89. The van der Waals surface area contributed by atoms with Crippen LogP contribution in [0.25, 0.3) is 5.69 Å². The predicted octanol–water partition coefficient (Wildman–Crippen LogP) is 2.77. The summed E-state index contributed by atoms with van der Waals surface area (Å²) in [6.07, 6.45) is 0. The molecule has 0 atom stereocenters. The molecule has 0 bridgehead atoms. The van der Waals surface area contributed by atoms with E-state index < -0.39 is 0 Å². The summed E-state index contributed by atoms with van der Waals surface area (Å²) in [5.74, 6) is 0.847. The number of H-pyrrole nitrogens is 1. The van der Waals surface area contributed by atoms with Crippen molar-refractivity contribution < 1.29 is 4.74 Å². The van der Waals surface area contributed by atoms with Gasteiger partial charge in [-0.25, -0.2) is 9.89 Å². The first kappa shape index (κ1) is 16.0. The number of aryl methyl sites for hydroxylation is 4. The van der Waals surface area contributed by atoms with Gasteiger partial charge < -0.3 is 4.74 Å². The number of tetrazole rings is 1. The number of hydrogen-bond donors (Lipinski definition) is 1. The van der Waals surface area contributed by atoms with E-state index in [0.717, 1.165) is 22.4 Å². The summed E-state index contributed by atoms with van der Waals surface area (Å²) in [4.78, 5) is 11.8. The normalized spacial score (nSPS) is 10.8. The van der Waals surface area contributed by atoms with Crippen LogP contribution in [0.1, 0.15) is 27.8 Å². The molecule has 0 unspecified atom stereocenters. The third-order valence-corrected chi connectivity index (χ3v) is 4.25. The van der Waals surface area contributed by atoms with Crippen LogP contribution in [0.3, 0.4) is 0 Å². The van der Waals surface area contributed by atoms with Gasteiger partial charge in [0, 0.05) is 5.56 Å². The number of benzene rings is 2. The molecular weight excluding hydrogens is 304 g/mol. The molecular formula is C18H20N4O2. The number of aromatic nitrogens is 4. The van der Waals surface area contributed by atoms with Crippen molar-refractivity contribution in [2.24, 2.45) is 0 Å². The lowest BCUT2D eigenvalue weighted by molar-refractivity contribution is 0.302. The molecule has 1 heterocycles. The van der Waals surface area contributed by atoms with Gasteiger partial charge in [-0.15, -0.1) is 0 Å². The quantitative estimate of drug-likeness (QED) is 0.801. The summed E-state index contributed by atoms with van der Waals surface area (Å²) >= 11 is 0. The Balaban J connectivity index is 1.95. The van der Waals surface area contributed by atoms with E-state index in [1.165, 1.54) is 15.8 Å². The van der Waals surface area contributed by atoms with Gasteiger partial charge in [-0.3, -0.25) is 0 Å². The fraction of sp³-hybridized carbons (Fsp3) is 0.278. The Morgan fingerprint density at radius 2 is 1.79 bits per heavy atom. The molecule has 3 rings (SSSR count). The van der Waals surface area contributed by atoms with Crippen LogP contribution in [0.2, 0.25) is 0 Å². The molecule has 124 valence electrons. The lowest BCUT2D eigenvalue weighted by Gasteiger charge is -2.15. The van der Waals surface area contributed by atoms with Gasteiger partial charge in [0.25, 0.3) is 0 Å². The molecule has 1 aromatic heterocycles. The highest BCUT2D eigenvalue weighted by atomic mass is 16.5. The van der Waals surface area contributed by atoms with E-state index >= 15 is 0 Å². The lowest BCUT2D eigenvalue weighted by Crippen LogP contribution is -2.18. The second-order valence-corrected chi connectivity index (χ2v) is 5.98. The number of ether oxygens (including phenoxy) is 1. The van der Waals surface area contributed by atoms with Gasteiger partial charge in [-0.1, -0.05) is 18.2 Å². The third kappa shape index (κ3) is 2.95. The first-order chi connectivity index (χ1) is 11.5. The van der Waals surface area contributed by atoms with E-state index in [9.17, 15) is 4.79 Å². The van der Waals surface area contributed by atoms with Gasteiger partial charge in [0.1, 0.15) is 12.4 Å². The minimum Gasteiger partial charge on any atom is -0.489 e. The maximum atomic E-state index is 11.8. The largest absolute Gasteiger partial charge is 0.489 e. The molecule has 2 aromatic carbocycles. The molecule has 0 saturated carbocycles. The fourth-order valence-corrected chi connectivity index (χ4v) is 2.67. The molecule has 0 aliphatic rings. The number of rotatable bonds is 4. The molecule has 0 saturated heterocycles. The summed E-state index contributed by atoms with van der Waals surface area (Å²) in [7, 11) is 0. The fourth-order valence-electron chi connectivity index (χ4n) is 2.67. The third-order valence-electron chi connectivity index (χ3n) is 4.25. The van der Waals surface area contributed by atoms with E-state index in [1.54, 1.807) is 0 Å². The molecule has 0 fully saturated rings. The standard InChI is InChI=1S/C18H20N4O2/c1-11-6-5-7-16(22-18(23)19-20-21-22)15(11)10-24-17-9-13(3)12(2)8-14(17)4/h5-9H,10H2,1-4H3,(H,19,21,23). The average molecular weight is 324 g/mol. The van der Waals surface area contributed by atoms with Crippen LogP contribution in [0.4, 0.5) is 0 Å². The summed E-state index contributed by atoms with van der Waals surface area (Å²) in [5, 5.41) is 9.70. The van der Waals surface area contributed by atoms with Crippen LogP contribution in [-0.4, -0.2) is 20.2 Å². The second kappa shape index (κ2) is 6.31. The highest BCUT2D eigenvalue weighted by Gasteiger charge is 2.13. The molecule has 0 spiro atoms. The van der Waals surface area contributed by atoms with E-state index in [2.05, 4.69) is 35.4 Å². The van der Waals surface area contributed by atoms with Gasteiger partial charge in [0.15, 0.2) is 0 Å². The number of aromatic amines is 1. The number of nitrogens with zero attached hydrogens (tertiary/aromatic N) is 3. The molecule has 0 radical (unpaired) electrons. The Labute approximate surface area is 140 Å². The Kier molecular flexibility index (Phi) is 4.20. The smallest absolute Gasteiger partial charge is 0.365 e. The molecule has 3 aromatic rings. The van der Waals surface area contributed by atoms with Crippen LogP contribution >= 0.6 is 0 Å². The first-order valence-electron chi connectivity index (χ1n) is 7.77. The van der Waals surface area contributed by atoms with E-state index in [4.69, 9.17) is 4.74 Å². The van der Waals surface area contributed by atoms with Crippen LogP contribution < -0.4 is 10.4 Å². The monoisotopic (exact) mass is 324 g/mol. The second-order valence-electron chi connectivity index (χ2n) is 5.98. The maximum Gasteiger partial charge on any atom is 0.365 e. The molecule has 1 N–H and O–H groups in total. The average Bonchev–Trinajstić information content (AvgIpc) is 2.96. The van der Waals surface area contributed by atoms with Gasteiger partial charge in [0.05, 0.1) is 5.69 Å². The van der Waals surface area contributed by atoms with Crippen molar-refractivity contribution in [3.63, 3.8) is 0 Å². The summed E-state index contributed by atoms with van der Waals surface area (Å²) < 4.78 is 7.29. The molecule has 0 amide bonds. The first-order valence-corrected chi connectivity index (χ1v) is 7.77. The maximum absolute atomic E-state index is 11.8. The molecule has 24 heavy (non-hydrogen) atoms. The minimum absolute atomic E-state index is 0.352. The van der Waals surface area contributed by atoms with Crippen molar-refractivity contribution in [3.8, 4) is 11.4 Å². The molecule has 6 heteroatoms. The zero-order chi connectivity index (χ0) is 17.3. The minimum atomic E-state index is -0.371. The van der Waals surface area contributed by atoms with Gasteiger partial charge in [-0.2, -0.15) is 4.68 Å². The summed E-state index contributed by atoms with van der Waals surface area (Å²) in [6.45, 7) is 8.52. The molecule has 0 aliphatic heterocycles. The number of hydrogen-bond acceptors (Lipinski definition) is 4. The van der Waals surface area contributed by atoms with Gasteiger partial charge >= 0.3 is 5.69 Å². The highest BCUT2D eigenvalue weighted by molar-refractivity contribution is 5.45. The summed E-state index contributed by atoms with van der Waals surface area (Å²) in [6, 6.07) is 9.87. The van der Waals surface area contributed by atoms with Gasteiger partial charge in [0.2, 0.25) is 0 Å². The van der Waals surface area contributed by atoms with Crippen LogP contribution in [0, 0.1) is 27.7 Å². The number of nitrogens with one attached hydrogen (secondary N) is 1. The van der Waals surface area contributed by atoms with E-state index in [-0.39, 0.29) is 5.69 Å². The van der Waals surface area contributed by atoms with Crippen molar-refractivity contribution in [1.29, 1.82) is 0 Å². The van der Waals surface area contributed by atoms with Crippen molar-refractivity contribution in [2.75, 3.05) is 0 Å². The predicted molar refractivity (Wildman–Crippen MR) is 91.7 cm³/mol. The van der Waals surface area contributed by atoms with Crippen molar-refractivity contribution in [1.82, 2.24) is 20.2 Å². The van der Waals surface area contributed by atoms with Crippen molar-refractivity contribution in [3.05, 3.63) is 68.6 Å². The van der Waals surface area contributed by atoms with E-state index in [1.807, 2.05) is 38.1 Å².